The summed E-state index contributed by atoms with van der Waals surface area (Å²) in [5.41, 5.74) is 2.72. The van der Waals surface area contributed by atoms with Gasteiger partial charge >= 0.3 is 0 Å². The maximum absolute atomic E-state index is 5.28. The Morgan fingerprint density at radius 2 is 2.56 bits per heavy atom. The highest BCUT2D eigenvalue weighted by molar-refractivity contribution is 5.08. The van der Waals surface area contributed by atoms with Crippen molar-refractivity contribution in [3.8, 4) is 0 Å². The van der Waals surface area contributed by atoms with E-state index in [1.807, 2.05) is 6.20 Å². The SMILES string of the molecule is C1=CC2(CCNC2)ON1. The minimum atomic E-state index is -0.0139. The lowest BCUT2D eigenvalue weighted by molar-refractivity contribution is -0.0229. The van der Waals surface area contributed by atoms with Crippen molar-refractivity contribution < 1.29 is 4.84 Å². The fourth-order valence-electron chi connectivity index (χ4n) is 1.29. The fraction of sp³-hybridized carbons (Fsp3) is 0.667. The third-order valence-corrected chi connectivity index (χ3v) is 1.87. The van der Waals surface area contributed by atoms with E-state index in [0.29, 0.717) is 0 Å². The van der Waals surface area contributed by atoms with Crippen LogP contribution in [0.5, 0.6) is 0 Å². The molecule has 2 aliphatic heterocycles. The Balaban J connectivity index is 2.13. The molecule has 1 spiro atoms. The van der Waals surface area contributed by atoms with Crippen molar-refractivity contribution in [2.45, 2.75) is 12.0 Å². The second-order valence-corrected chi connectivity index (χ2v) is 2.54. The first-order valence-corrected chi connectivity index (χ1v) is 3.23. The Morgan fingerprint density at radius 1 is 1.56 bits per heavy atom. The summed E-state index contributed by atoms with van der Waals surface area (Å²) in [5, 5.41) is 3.24. The van der Waals surface area contributed by atoms with E-state index in [1.54, 1.807) is 0 Å². The average molecular weight is 126 g/mol. The zero-order valence-electron chi connectivity index (χ0n) is 5.18. The molecule has 0 bridgehead atoms. The van der Waals surface area contributed by atoms with E-state index in [-0.39, 0.29) is 5.60 Å². The van der Waals surface area contributed by atoms with Crippen LogP contribution in [0, 0.1) is 0 Å². The van der Waals surface area contributed by atoms with Gasteiger partial charge in [-0.05, 0) is 19.0 Å². The van der Waals surface area contributed by atoms with Crippen molar-refractivity contribution in [2.24, 2.45) is 0 Å². The second-order valence-electron chi connectivity index (χ2n) is 2.54. The van der Waals surface area contributed by atoms with Crippen molar-refractivity contribution >= 4 is 0 Å². The first-order chi connectivity index (χ1) is 4.41. The minimum Gasteiger partial charge on any atom is -0.313 e. The van der Waals surface area contributed by atoms with Crippen LogP contribution in [-0.4, -0.2) is 18.7 Å². The Hall–Kier alpha value is -0.540. The molecule has 0 amide bonds. The van der Waals surface area contributed by atoms with Gasteiger partial charge in [0, 0.05) is 12.7 Å². The van der Waals surface area contributed by atoms with E-state index >= 15 is 0 Å². The van der Waals surface area contributed by atoms with E-state index in [0.717, 1.165) is 19.5 Å². The molecule has 0 aromatic heterocycles. The topological polar surface area (TPSA) is 33.3 Å². The molecule has 50 valence electrons. The summed E-state index contributed by atoms with van der Waals surface area (Å²) in [6.45, 7) is 2.00. The monoisotopic (exact) mass is 126 g/mol. The van der Waals surface area contributed by atoms with Gasteiger partial charge in [-0.25, -0.2) is 0 Å². The lowest BCUT2D eigenvalue weighted by Gasteiger charge is -2.16. The van der Waals surface area contributed by atoms with E-state index in [4.69, 9.17) is 4.84 Å². The Kier molecular flexibility index (Phi) is 1.00. The zero-order valence-corrected chi connectivity index (χ0v) is 5.18. The van der Waals surface area contributed by atoms with E-state index in [2.05, 4.69) is 16.9 Å². The van der Waals surface area contributed by atoms with Crippen LogP contribution in [0.1, 0.15) is 6.42 Å². The van der Waals surface area contributed by atoms with Crippen molar-refractivity contribution in [1.82, 2.24) is 10.8 Å². The molecule has 3 nitrogen and oxygen atoms in total. The number of nitrogens with one attached hydrogen (secondary N) is 2. The van der Waals surface area contributed by atoms with Crippen molar-refractivity contribution in [1.29, 1.82) is 0 Å². The molecular weight excluding hydrogens is 116 g/mol. The Morgan fingerprint density at radius 3 is 3.11 bits per heavy atom. The molecule has 0 aromatic carbocycles. The standard InChI is InChI=1S/C6H10N2O/c1-3-7-5-6(1)2-4-8-9-6/h2,4,7-8H,1,3,5H2. The molecule has 2 aliphatic rings. The number of rotatable bonds is 0. The van der Waals surface area contributed by atoms with Gasteiger partial charge in [0.2, 0.25) is 0 Å². The van der Waals surface area contributed by atoms with Crippen LogP contribution in [0.3, 0.4) is 0 Å². The molecule has 9 heavy (non-hydrogen) atoms. The molecule has 1 fully saturated rings. The third-order valence-electron chi connectivity index (χ3n) is 1.87. The van der Waals surface area contributed by atoms with Gasteiger partial charge < -0.3 is 5.32 Å². The van der Waals surface area contributed by atoms with Crippen molar-refractivity contribution in [3.05, 3.63) is 12.3 Å². The van der Waals surface area contributed by atoms with Gasteiger partial charge in [-0.3, -0.25) is 10.3 Å². The highest BCUT2D eigenvalue weighted by atomic mass is 16.7. The first kappa shape index (κ1) is 5.26. The summed E-state index contributed by atoms with van der Waals surface area (Å²) < 4.78 is 0. The molecule has 0 radical (unpaired) electrons. The van der Waals surface area contributed by atoms with Crippen LogP contribution in [0.2, 0.25) is 0 Å². The van der Waals surface area contributed by atoms with Crippen LogP contribution in [0.4, 0.5) is 0 Å². The highest BCUT2D eigenvalue weighted by Crippen LogP contribution is 2.22. The predicted molar refractivity (Wildman–Crippen MR) is 33.6 cm³/mol. The van der Waals surface area contributed by atoms with Crippen molar-refractivity contribution in [3.63, 3.8) is 0 Å². The van der Waals surface area contributed by atoms with Crippen LogP contribution in [0.25, 0.3) is 0 Å². The van der Waals surface area contributed by atoms with Crippen LogP contribution >= 0.6 is 0 Å². The van der Waals surface area contributed by atoms with Crippen LogP contribution in [-0.2, 0) is 4.84 Å². The Labute approximate surface area is 54.0 Å². The van der Waals surface area contributed by atoms with Gasteiger partial charge in [-0.1, -0.05) is 0 Å². The van der Waals surface area contributed by atoms with E-state index in [9.17, 15) is 0 Å². The average Bonchev–Trinajstić information content (AvgIpc) is 2.45. The predicted octanol–water partition coefficient (Wildman–Crippen LogP) is -0.233. The lowest BCUT2D eigenvalue weighted by Crippen LogP contribution is -2.31. The maximum Gasteiger partial charge on any atom is 0.129 e. The van der Waals surface area contributed by atoms with Gasteiger partial charge in [0.15, 0.2) is 0 Å². The number of hydroxylamine groups is 1. The number of hydrogen-bond donors (Lipinski definition) is 2. The number of hydrogen-bond acceptors (Lipinski definition) is 3. The molecule has 1 atom stereocenters. The fourth-order valence-corrected chi connectivity index (χ4v) is 1.29. The van der Waals surface area contributed by atoms with Gasteiger partial charge in [-0.2, -0.15) is 0 Å². The molecule has 1 unspecified atom stereocenters. The largest absolute Gasteiger partial charge is 0.313 e. The molecule has 2 heterocycles. The van der Waals surface area contributed by atoms with Crippen LogP contribution in [0.15, 0.2) is 12.3 Å². The summed E-state index contributed by atoms with van der Waals surface area (Å²) in [6, 6.07) is 0. The molecule has 0 saturated carbocycles. The molecule has 2 rings (SSSR count). The van der Waals surface area contributed by atoms with E-state index in [1.165, 1.54) is 0 Å². The molecular formula is C6H10N2O. The van der Waals surface area contributed by atoms with Gasteiger partial charge in [0.25, 0.3) is 0 Å². The molecule has 0 aromatic rings. The van der Waals surface area contributed by atoms with Gasteiger partial charge in [0.1, 0.15) is 5.60 Å². The smallest absolute Gasteiger partial charge is 0.129 e. The molecule has 3 heteroatoms. The van der Waals surface area contributed by atoms with Gasteiger partial charge in [0.05, 0.1) is 0 Å². The summed E-state index contributed by atoms with van der Waals surface area (Å²) in [6.07, 6.45) is 5.01. The van der Waals surface area contributed by atoms with E-state index < -0.39 is 0 Å². The Bertz CT molecular complexity index is 138. The quantitative estimate of drug-likeness (QED) is 0.470. The maximum atomic E-state index is 5.28. The molecule has 0 aliphatic carbocycles. The third kappa shape index (κ3) is 0.730. The summed E-state index contributed by atoms with van der Waals surface area (Å²) in [5.74, 6) is 0. The molecule has 1 saturated heterocycles. The van der Waals surface area contributed by atoms with Crippen molar-refractivity contribution in [2.75, 3.05) is 13.1 Å². The summed E-state index contributed by atoms with van der Waals surface area (Å²) in [7, 11) is 0. The second kappa shape index (κ2) is 1.72. The zero-order chi connectivity index (χ0) is 6.16. The van der Waals surface area contributed by atoms with Gasteiger partial charge in [-0.15, -0.1) is 0 Å². The lowest BCUT2D eigenvalue weighted by atomic mass is 10.1. The summed E-state index contributed by atoms with van der Waals surface area (Å²) >= 11 is 0. The molecule has 2 N–H and O–H groups in total. The van der Waals surface area contributed by atoms with Crippen LogP contribution < -0.4 is 10.8 Å². The normalized spacial score (nSPS) is 40.0. The first-order valence-electron chi connectivity index (χ1n) is 3.23. The summed E-state index contributed by atoms with van der Waals surface area (Å²) in [4.78, 5) is 5.28. The highest BCUT2D eigenvalue weighted by Gasteiger charge is 2.35. The minimum absolute atomic E-state index is 0.0139.